The predicted molar refractivity (Wildman–Crippen MR) is 120 cm³/mol. The molecule has 1 aromatic heterocycles. The van der Waals surface area contributed by atoms with E-state index in [2.05, 4.69) is 64.1 Å². The summed E-state index contributed by atoms with van der Waals surface area (Å²) in [6.07, 6.45) is 2.22. The van der Waals surface area contributed by atoms with E-state index >= 15 is 0 Å². The molecule has 0 saturated carbocycles. The summed E-state index contributed by atoms with van der Waals surface area (Å²) in [6.45, 7) is 10.4. The molecule has 0 fully saturated rings. The van der Waals surface area contributed by atoms with Gasteiger partial charge in [-0.1, -0.05) is 61.4 Å². The van der Waals surface area contributed by atoms with E-state index < -0.39 is 0 Å². The molecular formula is C24H28N2OS. The minimum absolute atomic E-state index is 0.0984. The summed E-state index contributed by atoms with van der Waals surface area (Å²) in [5.74, 6) is 0.0984. The van der Waals surface area contributed by atoms with E-state index in [1.54, 1.807) is 11.3 Å². The average molecular weight is 393 g/mol. The number of amides is 1. The molecule has 0 atom stereocenters. The number of carbonyl (C=O) groups excluding carboxylic acids is 1. The normalized spacial score (nSPS) is 10.9. The fourth-order valence-corrected chi connectivity index (χ4v) is 4.39. The van der Waals surface area contributed by atoms with Crippen molar-refractivity contribution in [1.29, 1.82) is 0 Å². The van der Waals surface area contributed by atoms with Crippen molar-refractivity contribution in [2.75, 3.05) is 4.90 Å². The Morgan fingerprint density at radius 2 is 1.68 bits per heavy atom. The molecule has 0 aliphatic rings. The van der Waals surface area contributed by atoms with Gasteiger partial charge in [-0.15, -0.1) is 11.3 Å². The fraction of sp³-hybridized carbons (Fsp3) is 0.333. The lowest BCUT2D eigenvalue weighted by Gasteiger charge is -2.22. The van der Waals surface area contributed by atoms with Gasteiger partial charge in [-0.05, 0) is 45.2 Å². The SMILES string of the molecule is CCCC(=O)N(c1nc(-c2ccc(C)cc2)c(CC)s1)c1ccc(C)cc1C. The molecule has 1 amide bonds. The number of aromatic nitrogens is 1. The summed E-state index contributed by atoms with van der Waals surface area (Å²) < 4.78 is 0. The Labute approximate surface area is 172 Å². The second-order valence-electron chi connectivity index (χ2n) is 7.26. The summed E-state index contributed by atoms with van der Waals surface area (Å²) in [5, 5.41) is 0.762. The van der Waals surface area contributed by atoms with Gasteiger partial charge >= 0.3 is 0 Å². The van der Waals surface area contributed by atoms with E-state index in [0.29, 0.717) is 6.42 Å². The molecule has 28 heavy (non-hydrogen) atoms. The maximum Gasteiger partial charge on any atom is 0.233 e. The van der Waals surface area contributed by atoms with Gasteiger partial charge in [0, 0.05) is 16.9 Å². The van der Waals surface area contributed by atoms with Gasteiger partial charge in [0.2, 0.25) is 5.91 Å². The molecule has 1 heterocycles. The van der Waals surface area contributed by atoms with Gasteiger partial charge in [0.15, 0.2) is 5.13 Å². The van der Waals surface area contributed by atoms with Crippen molar-refractivity contribution in [2.45, 2.75) is 53.9 Å². The van der Waals surface area contributed by atoms with Crippen molar-refractivity contribution >= 4 is 28.1 Å². The Balaban J connectivity index is 2.12. The smallest absolute Gasteiger partial charge is 0.233 e. The standard InChI is InChI=1S/C24H28N2OS/c1-6-8-22(27)26(20-14-11-17(4)15-18(20)5)24-25-23(21(7-2)28-24)19-12-9-16(3)10-13-19/h9-15H,6-8H2,1-5H3. The summed E-state index contributed by atoms with van der Waals surface area (Å²) in [7, 11) is 0. The van der Waals surface area contributed by atoms with Crippen molar-refractivity contribution in [3.05, 3.63) is 64.0 Å². The number of rotatable bonds is 6. The van der Waals surface area contributed by atoms with Crippen LogP contribution >= 0.6 is 11.3 Å². The monoisotopic (exact) mass is 392 g/mol. The average Bonchev–Trinajstić information content (AvgIpc) is 3.08. The highest BCUT2D eigenvalue weighted by Crippen LogP contribution is 2.38. The van der Waals surface area contributed by atoms with E-state index in [0.717, 1.165) is 40.5 Å². The number of hydrogen-bond donors (Lipinski definition) is 0. The number of thiazole rings is 1. The summed E-state index contributed by atoms with van der Waals surface area (Å²) >= 11 is 1.62. The van der Waals surface area contributed by atoms with Crippen LogP contribution in [-0.4, -0.2) is 10.9 Å². The Bertz CT molecular complexity index is 973. The number of anilines is 2. The molecule has 0 spiro atoms. The van der Waals surface area contributed by atoms with Crippen molar-refractivity contribution < 1.29 is 4.79 Å². The Morgan fingerprint density at radius 3 is 2.29 bits per heavy atom. The fourth-order valence-electron chi connectivity index (χ4n) is 3.34. The van der Waals surface area contributed by atoms with E-state index in [1.807, 2.05) is 17.9 Å². The molecule has 146 valence electrons. The number of hydrogen-bond acceptors (Lipinski definition) is 3. The third-order valence-corrected chi connectivity index (χ3v) is 6.01. The van der Waals surface area contributed by atoms with Crippen LogP contribution in [0, 0.1) is 20.8 Å². The first-order chi connectivity index (χ1) is 13.4. The molecule has 0 aliphatic heterocycles. The van der Waals surface area contributed by atoms with E-state index in [1.165, 1.54) is 16.0 Å². The summed E-state index contributed by atoms with van der Waals surface area (Å²) in [5.41, 5.74) is 6.53. The summed E-state index contributed by atoms with van der Waals surface area (Å²) in [6, 6.07) is 14.7. The van der Waals surface area contributed by atoms with Crippen LogP contribution in [0.5, 0.6) is 0 Å². The van der Waals surface area contributed by atoms with Crippen LogP contribution in [0.4, 0.5) is 10.8 Å². The first-order valence-corrected chi connectivity index (χ1v) is 10.7. The topological polar surface area (TPSA) is 33.2 Å². The Hall–Kier alpha value is -2.46. The highest BCUT2D eigenvalue weighted by atomic mass is 32.1. The molecule has 3 rings (SSSR count). The molecule has 3 nitrogen and oxygen atoms in total. The first-order valence-electron chi connectivity index (χ1n) is 9.91. The van der Waals surface area contributed by atoms with Crippen molar-refractivity contribution in [3.63, 3.8) is 0 Å². The van der Waals surface area contributed by atoms with Crippen LogP contribution in [0.3, 0.4) is 0 Å². The molecule has 0 bridgehead atoms. The molecule has 0 unspecified atom stereocenters. The van der Waals surface area contributed by atoms with E-state index in [-0.39, 0.29) is 5.91 Å². The third kappa shape index (κ3) is 4.17. The first kappa shape index (κ1) is 20.3. The number of nitrogens with zero attached hydrogens (tertiary/aromatic N) is 2. The Kier molecular flexibility index (Phi) is 6.30. The van der Waals surface area contributed by atoms with Gasteiger partial charge in [-0.25, -0.2) is 4.98 Å². The predicted octanol–water partition coefficient (Wildman–Crippen LogP) is 6.76. The molecule has 0 N–H and O–H groups in total. The van der Waals surface area contributed by atoms with Gasteiger partial charge in [-0.2, -0.15) is 0 Å². The molecule has 4 heteroatoms. The lowest BCUT2D eigenvalue weighted by molar-refractivity contribution is -0.117. The van der Waals surface area contributed by atoms with Gasteiger partial charge < -0.3 is 0 Å². The van der Waals surface area contributed by atoms with Crippen LogP contribution in [0.1, 0.15) is 48.3 Å². The highest BCUT2D eigenvalue weighted by Gasteiger charge is 2.24. The Morgan fingerprint density at radius 1 is 1.00 bits per heavy atom. The quantitative estimate of drug-likeness (QED) is 0.464. The number of benzene rings is 2. The number of aryl methyl sites for hydroxylation is 4. The molecular weight excluding hydrogens is 364 g/mol. The molecule has 0 aliphatic carbocycles. The van der Waals surface area contributed by atoms with Gasteiger partial charge in [0.1, 0.15) is 0 Å². The third-order valence-electron chi connectivity index (χ3n) is 4.83. The van der Waals surface area contributed by atoms with Crippen molar-refractivity contribution in [1.82, 2.24) is 4.98 Å². The highest BCUT2D eigenvalue weighted by molar-refractivity contribution is 7.16. The molecule has 2 aromatic carbocycles. The molecule has 0 saturated heterocycles. The van der Waals surface area contributed by atoms with E-state index in [9.17, 15) is 4.79 Å². The van der Waals surface area contributed by atoms with Crippen LogP contribution in [-0.2, 0) is 11.2 Å². The van der Waals surface area contributed by atoms with Crippen molar-refractivity contribution in [2.24, 2.45) is 0 Å². The maximum absolute atomic E-state index is 13.1. The molecule has 0 radical (unpaired) electrons. The zero-order chi connectivity index (χ0) is 20.3. The second-order valence-corrected chi connectivity index (χ2v) is 8.32. The molecule has 3 aromatic rings. The minimum Gasteiger partial charge on any atom is -0.274 e. The lowest BCUT2D eigenvalue weighted by atomic mass is 10.1. The largest absolute Gasteiger partial charge is 0.274 e. The zero-order valence-electron chi connectivity index (χ0n) is 17.4. The van der Waals surface area contributed by atoms with Crippen LogP contribution in [0.15, 0.2) is 42.5 Å². The van der Waals surface area contributed by atoms with Crippen LogP contribution in [0.2, 0.25) is 0 Å². The minimum atomic E-state index is 0.0984. The van der Waals surface area contributed by atoms with Crippen molar-refractivity contribution in [3.8, 4) is 11.3 Å². The van der Waals surface area contributed by atoms with Gasteiger partial charge in [0.25, 0.3) is 0 Å². The summed E-state index contributed by atoms with van der Waals surface area (Å²) in [4.78, 5) is 21.0. The van der Waals surface area contributed by atoms with Crippen LogP contribution in [0.25, 0.3) is 11.3 Å². The van der Waals surface area contributed by atoms with Gasteiger partial charge in [-0.3, -0.25) is 9.69 Å². The zero-order valence-corrected chi connectivity index (χ0v) is 18.2. The number of carbonyl (C=O) groups is 1. The lowest BCUT2D eigenvalue weighted by Crippen LogP contribution is -2.26. The van der Waals surface area contributed by atoms with Crippen LogP contribution < -0.4 is 4.90 Å². The van der Waals surface area contributed by atoms with Gasteiger partial charge in [0.05, 0.1) is 11.4 Å². The second kappa shape index (κ2) is 8.70. The van der Waals surface area contributed by atoms with E-state index in [4.69, 9.17) is 4.98 Å². The maximum atomic E-state index is 13.1.